The van der Waals surface area contributed by atoms with Crippen molar-refractivity contribution in [2.45, 2.75) is 37.4 Å². The molecule has 0 spiro atoms. The topological polar surface area (TPSA) is 90.2 Å². The Hall–Kier alpha value is -0.200. The first-order chi connectivity index (χ1) is 5.57. The maximum atomic E-state index is 9.23. The maximum absolute atomic E-state index is 9.23. The van der Waals surface area contributed by atoms with Crippen molar-refractivity contribution in [3.63, 3.8) is 0 Å². The molecule has 0 aromatic carbocycles. The summed E-state index contributed by atoms with van der Waals surface area (Å²) in [4.78, 5) is 0. The number of hydrogen-bond donors (Lipinski definition) is 4. The van der Waals surface area contributed by atoms with Gasteiger partial charge in [0.1, 0.15) is 24.4 Å². The molecule has 1 heterocycles. The summed E-state index contributed by atoms with van der Waals surface area (Å²) in [6, 6.07) is 0. The van der Waals surface area contributed by atoms with Crippen LogP contribution in [0.3, 0.4) is 0 Å². The van der Waals surface area contributed by atoms with E-state index in [2.05, 4.69) is 0 Å². The van der Waals surface area contributed by atoms with Gasteiger partial charge in [-0.3, -0.25) is 0 Å². The van der Waals surface area contributed by atoms with E-state index in [4.69, 9.17) is 9.84 Å². The molecule has 0 radical (unpaired) electrons. The van der Waals surface area contributed by atoms with Crippen molar-refractivity contribution in [2.24, 2.45) is 0 Å². The highest BCUT2D eigenvalue weighted by Gasteiger charge is 2.41. The molecule has 0 saturated carbocycles. The Balaban J connectivity index is 2.63. The standard InChI is InChI=1S/C7H14O5/c1-3-5(9)7(11)6(10)4(2-8)12-3/h3-11H,2H2,1H3/t3-,4?,5?,6+,7+/m1/s1. The monoisotopic (exact) mass is 178 g/mol. The highest BCUT2D eigenvalue weighted by atomic mass is 16.5. The first-order valence-electron chi connectivity index (χ1n) is 3.88. The van der Waals surface area contributed by atoms with Crippen LogP contribution < -0.4 is 0 Å². The van der Waals surface area contributed by atoms with Gasteiger partial charge in [0.2, 0.25) is 0 Å². The third-order valence-electron chi connectivity index (χ3n) is 2.13. The van der Waals surface area contributed by atoms with E-state index in [1.165, 1.54) is 0 Å². The molecular formula is C7H14O5. The van der Waals surface area contributed by atoms with Gasteiger partial charge >= 0.3 is 0 Å². The normalized spacial score (nSPS) is 49.2. The van der Waals surface area contributed by atoms with Crippen LogP contribution in [0.5, 0.6) is 0 Å². The molecule has 12 heavy (non-hydrogen) atoms. The largest absolute Gasteiger partial charge is 0.394 e. The molecule has 72 valence electrons. The molecule has 5 heteroatoms. The molecule has 1 fully saturated rings. The minimum absolute atomic E-state index is 0.366. The minimum atomic E-state index is -1.24. The molecule has 0 aromatic heterocycles. The molecule has 5 atom stereocenters. The lowest BCUT2D eigenvalue weighted by Crippen LogP contribution is -2.57. The van der Waals surface area contributed by atoms with Gasteiger partial charge in [0.05, 0.1) is 12.7 Å². The third kappa shape index (κ3) is 1.60. The van der Waals surface area contributed by atoms with Gasteiger partial charge in [-0.05, 0) is 6.92 Å². The van der Waals surface area contributed by atoms with Gasteiger partial charge in [-0.2, -0.15) is 0 Å². The van der Waals surface area contributed by atoms with Crippen LogP contribution in [-0.4, -0.2) is 57.6 Å². The summed E-state index contributed by atoms with van der Waals surface area (Å²) in [7, 11) is 0. The summed E-state index contributed by atoms with van der Waals surface area (Å²) in [6.07, 6.45) is -4.94. The predicted molar refractivity (Wildman–Crippen MR) is 39.4 cm³/mol. The third-order valence-corrected chi connectivity index (χ3v) is 2.13. The van der Waals surface area contributed by atoms with Crippen molar-refractivity contribution in [1.82, 2.24) is 0 Å². The van der Waals surface area contributed by atoms with Gasteiger partial charge in [0, 0.05) is 0 Å². The van der Waals surface area contributed by atoms with Crippen molar-refractivity contribution in [1.29, 1.82) is 0 Å². The lowest BCUT2D eigenvalue weighted by atomic mass is 9.96. The number of aliphatic hydroxyl groups excluding tert-OH is 4. The fraction of sp³-hybridized carbons (Fsp3) is 1.00. The van der Waals surface area contributed by atoms with Gasteiger partial charge < -0.3 is 25.2 Å². The number of ether oxygens (including phenoxy) is 1. The van der Waals surface area contributed by atoms with Gasteiger partial charge in [-0.25, -0.2) is 0 Å². The Kier molecular flexibility index (Phi) is 3.03. The van der Waals surface area contributed by atoms with Gasteiger partial charge in [0.25, 0.3) is 0 Å². The van der Waals surface area contributed by atoms with Gasteiger partial charge in [0.15, 0.2) is 0 Å². The van der Waals surface area contributed by atoms with Crippen molar-refractivity contribution in [2.75, 3.05) is 6.61 Å². The molecule has 0 aromatic rings. The second-order valence-corrected chi connectivity index (χ2v) is 3.03. The summed E-state index contributed by atoms with van der Waals surface area (Å²) < 4.78 is 5.02. The molecule has 1 saturated heterocycles. The molecule has 1 aliphatic heterocycles. The first-order valence-corrected chi connectivity index (χ1v) is 3.88. The fourth-order valence-electron chi connectivity index (χ4n) is 1.29. The lowest BCUT2D eigenvalue weighted by molar-refractivity contribution is -0.224. The highest BCUT2D eigenvalue weighted by molar-refractivity contribution is 4.89. The van der Waals surface area contributed by atoms with Crippen molar-refractivity contribution in [3.8, 4) is 0 Å². The number of hydrogen-bond acceptors (Lipinski definition) is 5. The maximum Gasteiger partial charge on any atom is 0.111 e. The van der Waals surface area contributed by atoms with Crippen molar-refractivity contribution in [3.05, 3.63) is 0 Å². The van der Waals surface area contributed by atoms with Crippen LogP contribution in [0.1, 0.15) is 6.92 Å². The molecule has 2 unspecified atom stereocenters. The smallest absolute Gasteiger partial charge is 0.111 e. The Labute approximate surface area is 70.2 Å². The fourth-order valence-corrected chi connectivity index (χ4v) is 1.29. The summed E-state index contributed by atoms with van der Waals surface area (Å²) in [5, 5.41) is 36.4. The first kappa shape index (κ1) is 9.88. The van der Waals surface area contributed by atoms with Crippen LogP contribution in [0.25, 0.3) is 0 Å². The van der Waals surface area contributed by atoms with E-state index in [1.54, 1.807) is 6.92 Å². The molecule has 1 aliphatic rings. The van der Waals surface area contributed by atoms with Crippen molar-refractivity contribution >= 4 is 0 Å². The van der Waals surface area contributed by atoms with E-state index >= 15 is 0 Å². The van der Waals surface area contributed by atoms with Crippen LogP contribution in [0.15, 0.2) is 0 Å². The number of rotatable bonds is 1. The quantitative estimate of drug-likeness (QED) is 0.367. The Morgan fingerprint density at radius 1 is 1.08 bits per heavy atom. The second-order valence-electron chi connectivity index (χ2n) is 3.03. The summed E-state index contributed by atoms with van der Waals surface area (Å²) in [5.41, 5.74) is 0. The zero-order chi connectivity index (χ0) is 9.30. The van der Waals surface area contributed by atoms with Crippen LogP contribution in [0.2, 0.25) is 0 Å². The van der Waals surface area contributed by atoms with Crippen LogP contribution in [0.4, 0.5) is 0 Å². The summed E-state index contributed by atoms with van der Waals surface area (Å²) >= 11 is 0. The van der Waals surface area contributed by atoms with Crippen LogP contribution in [0, 0.1) is 0 Å². The van der Waals surface area contributed by atoms with Crippen LogP contribution in [-0.2, 0) is 4.74 Å². The minimum Gasteiger partial charge on any atom is -0.394 e. The number of aliphatic hydroxyl groups is 4. The highest BCUT2D eigenvalue weighted by Crippen LogP contribution is 2.20. The van der Waals surface area contributed by atoms with Gasteiger partial charge in [-0.1, -0.05) is 0 Å². The Morgan fingerprint density at radius 3 is 2.17 bits per heavy atom. The molecule has 0 bridgehead atoms. The van der Waals surface area contributed by atoms with E-state index in [9.17, 15) is 15.3 Å². The van der Waals surface area contributed by atoms with Crippen molar-refractivity contribution < 1.29 is 25.2 Å². The SMILES string of the molecule is C[C@H]1OC(CO)[C@H](O)[C@@H](O)C1O. The molecular weight excluding hydrogens is 164 g/mol. The van der Waals surface area contributed by atoms with E-state index in [0.29, 0.717) is 0 Å². The lowest BCUT2D eigenvalue weighted by Gasteiger charge is -2.38. The summed E-state index contributed by atoms with van der Waals surface area (Å²) in [6.45, 7) is 1.21. The Morgan fingerprint density at radius 2 is 1.67 bits per heavy atom. The van der Waals surface area contributed by atoms with E-state index in [-0.39, 0.29) is 6.61 Å². The zero-order valence-electron chi connectivity index (χ0n) is 6.79. The molecule has 0 aliphatic carbocycles. The Bertz CT molecular complexity index is 146. The van der Waals surface area contributed by atoms with Gasteiger partial charge in [-0.15, -0.1) is 0 Å². The summed E-state index contributed by atoms with van der Waals surface area (Å²) in [5.74, 6) is 0. The zero-order valence-corrected chi connectivity index (χ0v) is 6.79. The molecule has 5 nitrogen and oxygen atoms in total. The molecule has 4 N–H and O–H groups in total. The van der Waals surface area contributed by atoms with Crippen LogP contribution >= 0.6 is 0 Å². The average Bonchev–Trinajstić information content (AvgIpc) is 2.08. The average molecular weight is 178 g/mol. The molecule has 1 rings (SSSR count). The van der Waals surface area contributed by atoms with E-state index in [1.807, 2.05) is 0 Å². The van der Waals surface area contributed by atoms with E-state index in [0.717, 1.165) is 0 Å². The van der Waals surface area contributed by atoms with E-state index < -0.39 is 30.5 Å². The molecule has 0 amide bonds. The second kappa shape index (κ2) is 3.68. The predicted octanol–water partition coefficient (Wildman–Crippen LogP) is -2.15.